The molecule has 4 heteroatoms. The normalized spacial score (nSPS) is 9.13. The van der Waals surface area contributed by atoms with Crippen molar-refractivity contribution in [2.24, 2.45) is 4.99 Å². The van der Waals surface area contributed by atoms with Crippen molar-refractivity contribution in [3.8, 4) is 5.75 Å². The number of hydrogen-bond acceptors (Lipinski definition) is 3. The van der Waals surface area contributed by atoms with Gasteiger partial charge in [-0.05, 0) is 24.1 Å². The van der Waals surface area contributed by atoms with E-state index >= 15 is 0 Å². The van der Waals surface area contributed by atoms with Crippen LogP contribution in [0.4, 0.5) is 0 Å². The summed E-state index contributed by atoms with van der Waals surface area (Å²) in [5.74, 6) is -0.0498. The van der Waals surface area contributed by atoms with Gasteiger partial charge in [0.2, 0.25) is 6.08 Å². The van der Waals surface area contributed by atoms with E-state index < -0.39 is 5.91 Å². The summed E-state index contributed by atoms with van der Waals surface area (Å²) >= 11 is 0. The molecule has 78 valence electrons. The Kier molecular flexibility index (Phi) is 4.26. The maximum Gasteiger partial charge on any atom is 0.294 e. The summed E-state index contributed by atoms with van der Waals surface area (Å²) in [7, 11) is 0. The number of benzene rings is 1. The first-order valence-electron chi connectivity index (χ1n) is 4.58. The quantitative estimate of drug-likeness (QED) is 0.552. The van der Waals surface area contributed by atoms with Gasteiger partial charge in [-0.2, -0.15) is 0 Å². The average molecular weight is 205 g/mol. The Morgan fingerprint density at radius 1 is 1.40 bits per heavy atom. The van der Waals surface area contributed by atoms with E-state index in [9.17, 15) is 9.59 Å². The second-order valence-electron chi connectivity index (χ2n) is 2.88. The van der Waals surface area contributed by atoms with Gasteiger partial charge in [0, 0.05) is 0 Å². The van der Waals surface area contributed by atoms with Crippen LogP contribution < -0.4 is 4.74 Å². The molecule has 1 rings (SSSR count). The van der Waals surface area contributed by atoms with Crippen molar-refractivity contribution in [3.63, 3.8) is 0 Å². The number of carbonyl (C=O) groups is 1. The number of rotatable bonds is 4. The van der Waals surface area contributed by atoms with Gasteiger partial charge in [0.1, 0.15) is 5.75 Å². The first kappa shape index (κ1) is 11.1. The van der Waals surface area contributed by atoms with E-state index in [-0.39, 0.29) is 6.61 Å². The molecule has 0 bridgehead atoms. The Balaban J connectivity index is 2.51. The largest absolute Gasteiger partial charge is 0.484 e. The van der Waals surface area contributed by atoms with Crippen LogP contribution in [0.3, 0.4) is 0 Å². The highest BCUT2D eigenvalue weighted by Gasteiger charge is 2.00. The minimum Gasteiger partial charge on any atom is -0.484 e. The van der Waals surface area contributed by atoms with Gasteiger partial charge in [-0.1, -0.05) is 19.1 Å². The van der Waals surface area contributed by atoms with E-state index in [0.29, 0.717) is 5.75 Å². The fourth-order valence-electron chi connectivity index (χ4n) is 1.05. The summed E-state index contributed by atoms with van der Waals surface area (Å²) < 4.78 is 5.10. The van der Waals surface area contributed by atoms with Crippen LogP contribution >= 0.6 is 0 Å². The summed E-state index contributed by atoms with van der Waals surface area (Å²) in [5.41, 5.74) is 1.19. The highest BCUT2D eigenvalue weighted by molar-refractivity contribution is 5.82. The SMILES string of the molecule is CCc1ccc(OCC(=O)N=C=O)cc1. The van der Waals surface area contributed by atoms with E-state index in [2.05, 4.69) is 11.9 Å². The number of carbonyl (C=O) groups excluding carboxylic acids is 2. The van der Waals surface area contributed by atoms with Crippen LogP contribution in [0.5, 0.6) is 5.75 Å². The Morgan fingerprint density at radius 3 is 2.60 bits per heavy atom. The lowest BCUT2D eigenvalue weighted by molar-refractivity contribution is -0.119. The van der Waals surface area contributed by atoms with Gasteiger partial charge >= 0.3 is 0 Å². The zero-order valence-corrected chi connectivity index (χ0v) is 8.40. The van der Waals surface area contributed by atoms with E-state index in [0.717, 1.165) is 6.42 Å². The number of ether oxygens (including phenoxy) is 1. The van der Waals surface area contributed by atoms with Crippen molar-refractivity contribution in [1.29, 1.82) is 0 Å². The lowest BCUT2D eigenvalue weighted by atomic mass is 10.2. The molecule has 15 heavy (non-hydrogen) atoms. The Labute approximate surface area is 87.6 Å². The molecule has 0 heterocycles. The third-order valence-electron chi connectivity index (χ3n) is 1.86. The number of isocyanates is 1. The highest BCUT2D eigenvalue weighted by Crippen LogP contribution is 2.12. The molecular weight excluding hydrogens is 194 g/mol. The maximum atomic E-state index is 10.8. The third kappa shape index (κ3) is 3.75. The summed E-state index contributed by atoms with van der Waals surface area (Å²) in [6, 6.07) is 7.39. The highest BCUT2D eigenvalue weighted by atomic mass is 16.5. The van der Waals surface area contributed by atoms with Crippen molar-refractivity contribution in [2.75, 3.05) is 6.61 Å². The topological polar surface area (TPSA) is 55.7 Å². The summed E-state index contributed by atoms with van der Waals surface area (Å²) in [6.07, 6.45) is 2.12. The second kappa shape index (κ2) is 5.73. The predicted molar refractivity (Wildman–Crippen MR) is 54.4 cm³/mol. The van der Waals surface area contributed by atoms with E-state index in [1.54, 1.807) is 12.1 Å². The Morgan fingerprint density at radius 2 is 2.07 bits per heavy atom. The molecule has 0 aliphatic carbocycles. The molecule has 1 aromatic rings. The molecule has 0 atom stereocenters. The van der Waals surface area contributed by atoms with Crippen molar-refractivity contribution >= 4 is 12.0 Å². The zero-order valence-electron chi connectivity index (χ0n) is 8.40. The first-order chi connectivity index (χ1) is 7.26. The molecule has 0 unspecified atom stereocenters. The van der Waals surface area contributed by atoms with Crippen molar-refractivity contribution in [2.45, 2.75) is 13.3 Å². The molecule has 0 N–H and O–H groups in total. The van der Waals surface area contributed by atoms with Gasteiger partial charge in [-0.25, -0.2) is 4.79 Å². The van der Waals surface area contributed by atoms with Crippen molar-refractivity contribution < 1.29 is 14.3 Å². The molecule has 0 aliphatic heterocycles. The van der Waals surface area contributed by atoms with Crippen LogP contribution in [0.2, 0.25) is 0 Å². The van der Waals surface area contributed by atoms with Crippen LogP contribution in [0.1, 0.15) is 12.5 Å². The molecule has 1 aromatic carbocycles. The molecule has 0 saturated carbocycles. The molecule has 0 aliphatic rings. The lowest BCUT2D eigenvalue weighted by Crippen LogP contribution is -2.08. The summed E-state index contributed by atoms with van der Waals surface area (Å²) in [5, 5.41) is 0. The molecule has 0 spiro atoms. The van der Waals surface area contributed by atoms with Crippen molar-refractivity contribution in [3.05, 3.63) is 29.8 Å². The smallest absolute Gasteiger partial charge is 0.294 e. The van der Waals surface area contributed by atoms with E-state index in [1.807, 2.05) is 12.1 Å². The lowest BCUT2D eigenvalue weighted by Gasteiger charge is -2.03. The van der Waals surface area contributed by atoms with Gasteiger partial charge in [-0.15, -0.1) is 4.99 Å². The van der Waals surface area contributed by atoms with Gasteiger partial charge in [0.15, 0.2) is 6.61 Å². The first-order valence-corrected chi connectivity index (χ1v) is 4.58. The van der Waals surface area contributed by atoms with E-state index in [1.165, 1.54) is 11.6 Å². The third-order valence-corrected chi connectivity index (χ3v) is 1.86. The van der Waals surface area contributed by atoms with Gasteiger partial charge in [0.25, 0.3) is 5.91 Å². The van der Waals surface area contributed by atoms with Crippen LogP contribution in [0, 0.1) is 0 Å². The molecule has 0 aromatic heterocycles. The number of hydrogen-bond donors (Lipinski definition) is 0. The number of aliphatic imine (C=N–C) groups is 1. The standard InChI is InChI=1S/C11H11NO3/c1-2-9-3-5-10(6-4-9)15-7-11(14)12-8-13/h3-6H,2,7H2,1H3. The molecule has 0 saturated heterocycles. The predicted octanol–water partition coefficient (Wildman–Crippen LogP) is 1.49. The summed E-state index contributed by atoms with van der Waals surface area (Å²) in [4.78, 5) is 23.4. The molecule has 4 nitrogen and oxygen atoms in total. The van der Waals surface area contributed by atoms with Gasteiger partial charge < -0.3 is 4.74 Å². The zero-order chi connectivity index (χ0) is 11.1. The maximum absolute atomic E-state index is 10.8. The summed E-state index contributed by atoms with van der Waals surface area (Å²) in [6.45, 7) is 1.82. The monoisotopic (exact) mass is 205 g/mol. The van der Waals surface area contributed by atoms with Crippen molar-refractivity contribution in [1.82, 2.24) is 0 Å². The Bertz CT molecular complexity index is 377. The minimum absolute atomic E-state index is 0.235. The van der Waals surface area contributed by atoms with Gasteiger partial charge in [0.05, 0.1) is 0 Å². The second-order valence-corrected chi connectivity index (χ2v) is 2.88. The fourth-order valence-corrected chi connectivity index (χ4v) is 1.05. The van der Waals surface area contributed by atoms with Crippen LogP contribution in [0.15, 0.2) is 29.3 Å². The van der Waals surface area contributed by atoms with Crippen LogP contribution in [-0.4, -0.2) is 18.6 Å². The Hall–Kier alpha value is -1.93. The van der Waals surface area contributed by atoms with Crippen LogP contribution in [0.25, 0.3) is 0 Å². The number of aryl methyl sites for hydroxylation is 1. The van der Waals surface area contributed by atoms with Crippen LogP contribution in [-0.2, 0) is 16.0 Å². The molecular formula is C11H11NO3. The average Bonchev–Trinajstić information content (AvgIpc) is 2.27. The fraction of sp³-hybridized carbons (Fsp3) is 0.273. The van der Waals surface area contributed by atoms with Gasteiger partial charge in [-0.3, -0.25) is 4.79 Å². The minimum atomic E-state index is -0.635. The van der Waals surface area contributed by atoms with E-state index in [4.69, 9.17) is 4.74 Å². The number of amides is 1. The molecule has 0 radical (unpaired) electrons. The number of nitrogens with zero attached hydrogens (tertiary/aromatic N) is 1. The molecule has 0 fully saturated rings. The molecule has 1 amide bonds.